The van der Waals surface area contributed by atoms with Crippen LogP contribution in [0.2, 0.25) is 0 Å². The van der Waals surface area contributed by atoms with E-state index in [0.717, 1.165) is 12.8 Å². The van der Waals surface area contributed by atoms with Crippen molar-refractivity contribution >= 4 is 28.9 Å². The highest BCUT2D eigenvalue weighted by Crippen LogP contribution is 2.28. The molecule has 0 saturated heterocycles. The summed E-state index contributed by atoms with van der Waals surface area (Å²) in [5, 5.41) is 16.7. The molecule has 0 spiro atoms. The Hall–Kier alpha value is -3.40. The average Bonchev–Trinajstić information content (AvgIpc) is 3.09. The molecule has 0 atom stereocenters. The predicted molar refractivity (Wildman–Crippen MR) is 103 cm³/mol. The molecule has 0 unspecified atom stereocenters. The largest absolute Gasteiger partial charge is 0.393 e. The summed E-state index contributed by atoms with van der Waals surface area (Å²) in [5.41, 5.74) is 11.8. The van der Waals surface area contributed by atoms with Crippen molar-refractivity contribution in [3.05, 3.63) is 46.5 Å². The Morgan fingerprint density at radius 3 is 2.75 bits per heavy atom. The van der Waals surface area contributed by atoms with Crippen LogP contribution in [0.25, 0.3) is 5.65 Å². The lowest BCUT2D eigenvalue weighted by Crippen LogP contribution is -2.29. The Labute approximate surface area is 159 Å². The minimum atomic E-state index is -0.666. The van der Waals surface area contributed by atoms with Crippen molar-refractivity contribution in [1.82, 2.24) is 19.2 Å². The summed E-state index contributed by atoms with van der Waals surface area (Å²) in [6, 6.07) is 5.02. The van der Waals surface area contributed by atoms with Crippen LogP contribution in [0.15, 0.2) is 35.4 Å². The molecular formula is C18H21N7O3. The Balaban J connectivity index is 1.68. The van der Waals surface area contributed by atoms with E-state index in [1.165, 1.54) is 16.8 Å². The molecule has 3 aromatic rings. The van der Waals surface area contributed by atoms with Gasteiger partial charge in [0, 0.05) is 18.3 Å². The minimum absolute atomic E-state index is 0.0504. The monoisotopic (exact) mass is 383 g/mol. The first-order chi connectivity index (χ1) is 13.4. The van der Waals surface area contributed by atoms with E-state index < -0.39 is 5.91 Å². The normalized spacial score (nSPS) is 19.6. The number of anilines is 3. The second kappa shape index (κ2) is 6.97. The molecule has 3 heterocycles. The molecule has 4 rings (SSSR count). The number of aliphatic hydroxyl groups is 1. The summed E-state index contributed by atoms with van der Waals surface area (Å²) in [4.78, 5) is 28.8. The first kappa shape index (κ1) is 18.0. The van der Waals surface area contributed by atoms with E-state index in [2.05, 4.69) is 15.4 Å². The van der Waals surface area contributed by atoms with Crippen LogP contribution in [0, 0.1) is 0 Å². The third-order valence-electron chi connectivity index (χ3n) is 5.06. The third-order valence-corrected chi connectivity index (χ3v) is 5.06. The van der Waals surface area contributed by atoms with Crippen molar-refractivity contribution in [2.45, 2.75) is 37.8 Å². The summed E-state index contributed by atoms with van der Waals surface area (Å²) < 4.78 is 2.99. The molecule has 10 heteroatoms. The maximum atomic E-state index is 12.9. The number of aromatic nitrogens is 4. The van der Waals surface area contributed by atoms with Crippen molar-refractivity contribution in [2.75, 3.05) is 11.1 Å². The van der Waals surface area contributed by atoms with Gasteiger partial charge in [0.05, 0.1) is 12.3 Å². The van der Waals surface area contributed by atoms with Crippen LogP contribution >= 0.6 is 0 Å². The standard InChI is InChI=1S/C18H21N7O3/c19-14-8-15(23-17-12(16(20)27)9-21-25(14)17)22-13-2-1-7-24(18(13)28)10-3-5-11(26)6-4-10/h1-2,7-11,26H,3-6,19H2,(H2,20,27)(H,22,23). The molecule has 3 aromatic heterocycles. The van der Waals surface area contributed by atoms with Crippen LogP contribution in [0.3, 0.4) is 0 Å². The SMILES string of the molecule is NC(=O)c1cnn2c(N)cc(Nc3cccn(C4CCC(O)CC4)c3=O)nc12. The molecule has 1 aliphatic carbocycles. The number of hydrogen-bond acceptors (Lipinski definition) is 7. The lowest BCUT2D eigenvalue weighted by atomic mass is 9.93. The lowest BCUT2D eigenvalue weighted by Gasteiger charge is -2.27. The van der Waals surface area contributed by atoms with Gasteiger partial charge < -0.3 is 26.5 Å². The molecule has 1 saturated carbocycles. The Bertz CT molecular complexity index is 1100. The van der Waals surface area contributed by atoms with E-state index in [4.69, 9.17) is 11.5 Å². The minimum Gasteiger partial charge on any atom is -0.393 e. The Kier molecular flexibility index (Phi) is 4.47. The zero-order chi connectivity index (χ0) is 19.8. The number of amides is 1. The number of primary amides is 1. The van der Waals surface area contributed by atoms with Gasteiger partial charge in [0.1, 0.15) is 22.9 Å². The molecule has 0 aromatic carbocycles. The van der Waals surface area contributed by atoms with Crippen molar-refractivity contribution < 1.29 is 9.90 Å². The molecule has 10 nitrogen and oxygen atoms in total. The Morgan fingerprint density at radius 2 is 2.04 bits per heavy atom. The van der Waals surface area contributed by atoms with Gasteiger partial charge in [-0.15, -0.1) is 0 Å². The fourth-order valence-electron chi connectivity index (χ4n) is 3.59. The number of hydrogen-bond donors (Lipinski definition) is 4. The summed E-state index contributed by atoms with van der Waals surface area (Å²) in [6.45, 7) is 0. The highest BCUT2D eigenvalue weighted by molar-refractivity contribution is 5.98. The maximum Gasteiger partial charge on any atom is 0.274 e. The van der Waals surface area contributed by atoms with Gasteiger partial charge in [0.25, 0.3) is 11.5 Å². The number of aliphatic hydroxyl groups excluding tert-OH is 1. The van der Waals surface area contributed by atoms with Gasteiger partial charge in [-0.1, -0.05) is 0 Å². The third kappa shape index (κ3) is 3.18. The van der Waals surface area contributed by atoms with Crippen LogP contribution < -0.4 is 22.3 Å². The average molecular weight is 383 g/mol. The quantitative estimate of drug-likeness (QED) is 0.519. The van der Waals surface area contributed by atoms with E-state index in [0.29, 0.717) is 24.3 Å². The van der Waals surface area contributed by atoms with Crippen molar-refractivity contribution in [2.24, 2.45) is 5.73 Å². The number of rotatable bonds is 4. The van der Waals surface area contributed by atoms with E-state index >= 15 is 0 Å². The van der Waals surface area contributed by atoms with E-state index in [1.54, 1.807) is 22.9 Å². The number of nitrogens with two attached hydrogens (primary N) is 2. The Morgan fingerprint density at radius 1 is 1.29 bits per heavy atom. The number of pyridine rings is 1. The number of carbonyl (C=O) groups is 1. The number of nitrogens with zero attached hydrogens (tertiary/aromatic N) is 4. The fraction of sp³-hybridized carbons (Fsp3) is 0.333. The molecule has 0 radical (unpaired) electrons. The smallest absolute Gasteiger partial charge is 0.274 e. The topological polar surface area (TPSA) is 154 Å². The highest BCUT2D eigenvalue weighted by atomic mass is 16.3. The molecule has 0 aliphatic heterocycles. The summed E-state index contributed by atoms with van der Waals surface area (Å²) in [7, 11) is 0. The summed E-state index contributed by atoms with van der Waals surface area (Å²) >= 11 is 0. The van der Waals surface area contributed by atoms with Gasteiger partial charge in [-0.2, -0.15) is 9.61 Å². The van der Waals surface area contributed by atoms with Gasteiger partial charge in [0.15, 0.2) is 5.65 Å². The van der Waals surface area contributed by atoms with Crippen molar-refractivity contribution in [3.8, 4) is 0 Å². The van der Waals surface area contributed by atoms with Gasteiger partial charge >= 0.3 is 0 Å². The van der Waals surface area contributed by atoms with Crippen LogP contribution in [0.1, 0.15) is 42.1 Å². The highest BCUT2D eigenvalue weighted by Gasteiger charge is 2.22. The van der Waals surface area contributed by atoms with E-state index in [-0.39, 0.29) is 34.7 Å². The molecule has 1 aliphatic rings. The van der Waals surface area contributed by atoms with Gasteiger partial charge in [-0.25, -0.2) is 4.98 Å². The zero-order valence-electron chi connectivity index (χ0n) is 15.1. The second-order valence-electron chi connectivity index (χ2n) is 6.95. The summed E-state index contributed by atoms with van der Waals surface area (Å²) in [6.07, 6.45) is 5.63. The molecular weight excluding hydrogens is 362 g/mol. The summed E-state index contributed by atoms with van der Waals surface area (Å²) in [5.74, 6) is -0.111. The molecule has 0 bridgehead atoms. The molecule has 1 fully saturated rings. The van der Waals surface area contributed by atoms with Gasteiger partial charge in [0.2, 0.25) is 0 Å². The first-order valence-corrected chi connectivity index (χ1v) is 9.04. The lowest BCUT2D eigenvalue weighted by molar-refractivity contribution is 0.100. The molecule has 6 N–H and O–H groups in total. The van der Waals surface area contributed by atoms with Crippen molar-refractivity contribution in [3.63, 3.8) is 0 Å². The number of carbonyl (C=O) groups excluding carboxylic acids is 1. The van der Waals surface area contributed by atoms with Crippen LogP contribution in [0.4, 0.5) is 17.3 Å². The van der Waals surface area contributed by atoms with E-state index in [1.807, 2.05) is 0 Å². The van der Waals surface area contributed by atoms with Gasteiger partial charge in [-0.05, 0) is 37.8 Å². The van der Waals surface area contributed by atoms with Crippen LogP contribution in [-0.4, -0.2) is 36.3 Å². The van der Waals surface area contributed by atoms with Crippen LogP contribution in [-0.2, 0) is 0 Å². The first-order valence-electron chi connectivity index (χ1n) is 9.04. The van der Waals surface area contributed by atoms with Crippen LogP contribution in [0.5, 0.6) is 0 Å². The number of fused-ring (bicyclic) bond motifs is 1. The number of nitrogens with one attached hydrogen (secondary N) is 1. The maximum absolute atomic E-state index is 12.9. The second-order valence-corrected chi connectivity index (χ2v) is 6.95. The zero-order valence-corrected chi connectivity index (χ0v) is 15.1. The fourth-order valence-corrected chi connectivity index (χ4v) is 3.59. The molecule has 28 heavy (non-hydrogen) atoms. The predicted octanol–water partition coefficient (Wildman–Crippen LogP) is 0.792. The van der Waals surface area contributed by atoms with E-state index in [9.17, 15) is 14.7 Å². The van der Waals surface area contributed by atoms with Crippen molar-refractivity contribution in [1.29, 1.82) is 0 Å². The number of nitrogen functional groups attached to an aromatic ring is 1. The molecule has 1 amide bonds. The molecule has 146 valence electrons. The van der Waals surface area contributed by atoms with Gasteiger partial charge in [-0.3, -0.25) is 9.59 Å².